The van der Waals surface area contributed by atoms with Crippen LogP contribution in [0.5, 0.6) is 0 Å². The van der Waals surface area contributed by atoms with Crippen LogP contribution in [0.15, 0.2) is 22.7 Å². The van der Waals surface area contributed by atoms with Crippen LogP contribution in [0.1, 0.15) is 32.5 Å². The van der Waals surface area contributed by atoms with E-state index in [1.165, 1.54) is 17.8 Å². The van der Waals surface area contributed by atoms with E-state index in [9.17, 15) is 0 Å². The van der Waals surface area contributed by atoms with Crippen molar-refractivity contribution in [1.82, 2.24) is 14.9 Å². The maximum Gasteiger partial charge on any atom is 0.117 e. The van der Waals surface area contributed by atoms with Crippen molar-refractivity contribution in [1.29, 1.82) is 0 Å². The number of hydrogen-bond donors (Lipinski definition) is 1. The molecule has 4 heteroatoms. The smallest absolute Gasteiger partial charge is 0.117 e. The molecule has 1 N–H and O–H groups in total. The Morgan fingerprint density at radius 1 is 1.47 bits per heavy atom. The summed E-state index contributed by atoms with van der Waals surface area (Å²) in [5, 5.41) is 3.47. The van der Waals surface area contributed by atoms with Crippen LogP contribution in [-0.4, -0.2) is 22.6 Å². The predicted octanol–water partition coefficient (Wildman–Crippen LogP) is 3.46. The Balaban J connectivity index is 2.19. The van der Waals surface area contributed by atoms with E-state index < -0.39 is 0 Å². The Morgan fingerprint density at radius 3 is 3.00 bits per heavy atom. The minimum Gasteiger partial charge on any atom is -0.327 e. The Hall–Kier alpha value is -0.870. The Bertz CT molecular complexity index is 597. The van der Waals surface area contributed by atoms with E-state index in [0.717, 1.165) is 36.0 Å². The van der Waals surface area contributed by atoms with Crippen molar-refractivity contribution >= 4 is 27.0 Å². The number of rotatable bonds is 3. The molecular formula is C15H20BrN3. The number of nitrogens with zero attached hydrogens (tertiary/aromatic N) is 2. The summed E-state index contributed by atoms with van der Waals surface area (Å²) in [4.78, 5) is 4.94. The van der Waals surface area contributed by atoms with Gasteiger partial charge in [-0.3, -0.25) is 0 Å². The van der Waals surface area contributed by atoms with Gasteiger partial charge in [0.1, 0.15) is 5.82 Å². The number of fused-ring (bicyclic) bond motifs is 1. The second-order valence-corrected chi connectivity index (χ2v) is 6.62. The van der Waals surface area contributed by atoms with Gasteiger partial charge in [-0.05, 0) is 37.6 Å². The second-order valence-electron chi connectivity index (χ2n) is 5.71. The van der Waals surface area contributed by atoms with Gasteiger partial charge >= 0.3 is 0 Å². The van der Waals surface area contributed by atoms with E-state index in [2.05, 4.69) is 57.9 Å². The van der Waals surface area contributed by atoms with Crippen LogP contribution in [0.25, 0.3) is 11.0 Å². The lowest BCUT2D eigenvalue weighted by atomic mass is 9.89. The van der Waals surface area contributed by atoms with Crippen molar-refractivity contribution < 1.29 is 0 Å². The van der Waals surface area contributed by atoms with Crippen LogP contribution in [-0.2, 0) is 12.0 Å². The number of aryl methyl sites for hydroxylation is 1. The number of halogens is 1. The fraction of sp³-hybridized carbons (Fsp3) is 0.533. The van der Waals surface area contributed by atoms with Gasteiger partial charge in [0.2, 0.25) is 0 Å². The summed E-state index contributed by atoms with van der Waals surface area (Å²) in [6, 6.07) is 6.41. The van der Waals surface area contributed by atoms with Crippen LogP contribution in [0.4, 0.5) is 0 Å². The summed E-state index contributed by atoms with van der Waals surface area (Å²) in [6.07, 6.45) is 2.30. The molecule has 0 spiro atoms. The van der Waals surface area contributed by atoms with Crippen molar-refractivity contribution in [2.75, 3.05) is 13.1 Å². The first kappa shape index (κ1) is 13.1. The van der Waals surface area contributed by atoms with Gasteiger partial charge in [-0.1, -0.05) is 29.8 Å². The first-order valence-electron chi connectivity index (χ1n) is 7.01. The molecule has 2 heterocycles. The molecule has 102 valence electrons. The minimum absolute atomic E-state index is 0.167. The fourth-order valence-corrected chi connectivity index (χ4v) is 3.37. The van der Waals surface area contributed by atoms with Crippen molar-refractivity contribution in [3.63, 3.8) is 0 Å². The summed E-state index contributed by atoms with van der Waals surface area (Å²) < 4.78 is 3.51. The average molecular weight is 322 g/mol. The van der Waals surface area contributed by atoms with Gasteiger partial charge in [-0.15, -0.1) is 0 Å². The summed E-state index contributed by atoms with van der Waals surface area (Å²) in [7, 11) is 0. The van der Waals surface area contributed by atoms with E-state index in [1.54, 1.807) is 0 Å². The van der Waals surface area contributed by atoms with Crippen LogP contribution in [0.3, 0.4) is 0 Å². The van der Waals surface area contributed by atoms with E-state index >= 15 is 0 Å². The first-order chi connectivity index (χ1) is 9.14. The zero-order valence-electron chi connectivity index (χ0n) is 11.5. The SMILES string of the molecule is CCCn1c(C2(C)CCNC2)nc2cc(Br)ccc21. The topological polar surface area (TPSA) is 29.9 Å². The minimum atomic E-state index is 0.167. The molecule has 1 atom stereocenters. The predicted molar refractivity (Wildman–Crippen MR) is 82.6 cm³/mol. The zero-order valence-corrected chi connectivity index (χ0v) is 13.1. The van der Waals surface area contributed by atoms with Crippen molar-refractivity contribution in [3.05, 3.63) is 28.5 Å². The average Bonchev–Trinajstić information content (AvgIpc) is 2.95. The highest BCUT2D eigenvalue weighted by Gasteiger charge is 2.35. The first-order valence-corrected chi connectivity index (χ1v) is 7.80. The zero-order chi connectivity index (χ0) is 13.5. The monoisotopic (exact) mass is 321 g/mol. The number of imidazole rings is 1. The highest BCUT2D eigenvalue weighted by Crippen LogP contribution is 2.33. The Labute approximate surface area is 122 Å². The highest BCUT2D eigenvalue weighted by atomic mass is 79.9. The fourth-order valence-electron chi connectivity index (χ4n) is 3.02. The van der Waals surface area contributed by atoms with Gasteiger partial charge in [0.05, 0.1) is 11.0 Å². The lowest BCUT2D eigenvalue weighted by Gasteiger charge is -2.23. The third-order valence-electron chi connectivity index (χ3n) is 4.07. The number of nitrogens with one attached hydrogen (secondary N) is 1. The largest absolute Gasteiger partial charge is 0.327 e. The van der Waals surface area contributed by atoms with Crippen LogP contribution in [0.2, 0.25) is 0 Å². The quantitative estimate of drug-likeness (QED) is 0.938. The standard InChI is InChI=1S/C15H20BrN3/c1-3-8-19-13-5-4-11(16)9-12(13)18-14(19)15(2)6-7-17-10-15/h4-5,9,17H,3,6-8,10H2,1-2H3. The van der Waals surface area contributed by atoms with Gasteiger partial charge in [0.25, 0.3) is 0 Å². The van der Waals surface area contributed by atoms with Gasteiger partial charge in [-0.2, -0.15) is 0 Å². The van der Waals surface area contributed by atoms with Crippen LogP contribution >= 0.6 is 15.9 Å². The molecule has 1 unspecified atom stereocenters. The molecule has 1 aliphatic heterocycles. The Kier molecular flexibility index (Phi) is 3.39. The molecule has 0 radical (unpaired) electrons. The number of aromatic nitrogens is 2. The van der Waals surface area contributed by atoms with E-state index in [-0.39, 0.29) is 5.41 Å². The summed E-state index contributed by atoms with van der Waals surface area (Å²) in [6.45, 7) is 7.72. The molecule has 0 aliphatic carbocycles. The van der Waals surface area contributed by atoms with Crippen LogP contribution in [0, 0.1) is 0 Å². The lowest BCUT2D eigenvalue weighted by molar-refractivity contribution is 0.458. The van der Waals surface area contributed by atoms with Crippen molar-refractivity contribution in [2.45, 2.75) is 38.6 Å². The molecule has 1 aliphatic rings. The maximum atomic E-state index is 4.94. The molecule has 2 aromatic rings. The molecule has 0 saturated carbocycles. The molecule has 3 rings (SSSR count). The molecule has 19 heavy (non-hydrogen) atoms. The van der Waals surface area contributed by atoms with Gasteiger partial charge in [-0.25, -0.2) is 4.98 Å². The molecule has 1 aromatic carbocycles. The van der Waals surface area contributed by atoms with Crippen LogP contribution < -0.4 is 5.32 Å². The molecular weight excluding hydrogens is 302 g/mol. The Morgan fingerprint density at radius 2 is 2.32 bits per heavy atom. The van der Waals surface area contributed by atoms with Gasteiger partial charge in [0.15, 0.2) is 0 Å². The number of hydrogen-bond acceptors (Lipinski definition) is 2. The molecule has 1 fully saturated rings. The van der Waals surface area contributed by atoms with Gasteiger partial charge in [0, 0.05) is 23.0 Å². The molecule has 1 aromatic heterocycles. The maximum absolute atomic E-state index is 4.94. The number of benzene rings is 1. The van der Waals surface area contributed by atoms with E-state index in [1.807, 2.05) is 0 Å². The third kappa shape index (κ3) is 2.21. The normalized spacial score (nSPS) is 23.3. The summed E-state index contributed by atoms with van der Waals surface area (Å²) in [5.41, 5.74) is 2.53. The van der Waals surface area contributed by atoms with E-state index in [4.69, 9.17) is 4.98 Å². The third-order valence-corrected chi connectivity index (χ3v) is 4.56. The molecule has 0 bridgehead atoms. The molecule has 3 nitrogen and oxygen atoms in total. The van der Waals surface area contributed by atoms with Crippen molar-refractivity contribution in [3.8, 4) is 0 Å². The van der Waals surface area contributed by atoms with Crippen molar-refractivity contribution in [2.24, 2.45) is 0 Å². The van der Waals surface area contributed by atoms with E-state index in [0.29, 0.717) is 0 Å². The summed E-state index contributed by atoms with van der Waals surface area (Å²) in [5.74, 6) is 1.24. The molecule has 1 saturated heterocycles. The highest BCUT2D eigenvalue weighted by molar-refractivity contribution is 9.10. The molecule has 0 amide bonds. The lowest BCUT2D eigenvalue weighted by Crippen LogP contribution is -2.29. The summed E-state index contributed by atoms with van der Waals surface area (Å²) >= 11 is 3.54. The second kappa shape index (κ2) is 4.91. The van der Waals surface area contributed by atoms with Gasteiger partial charge < -0.3 is 9.88 Å².